The van der Waals surface area contributed by atoms with Gasteiger partial charge in [0, 0.05) is 12.6 Å². The van der Waals surface area contributed by atoms with Gasteiger partial charge in [0.15, 0.2) is 0 Å². The summed E-state index contributed by atoms with van der Waals surface area (Å²) in [6.07, 6.45) is 0.548. The lowest BCUT2D eigenvalue weighted by molar-refractivity contribution is 0.276. The van der Waals surface area contributed by atoms with Crippen LogP contribution >= 0.6 is 0 Å². The highest BCUT2D eigenvalue weighted by Gasteiger charge is 2.03. The number of aliphatic hydroxyl groups excluding tert-OH is 1. The molecule has 0 saturated heterocycles. The molecule has 0 aliphatic carbocycles. The molecule has 0 saturated carbocycles. The van der Waals surface area contributed by atoms with E-state index in [-0.39, 0.29) is 12.6 Å². The van der Waals surface area contributed by atoms with E-state index in [9.17, 15) is 0 Å². The Balaban J connectivity index is 2.75. The summed E-state index contributed by atoms with van der Waals surface area (Å²) in [5.41, 5.74) is 7.33. The molecule has 0 bridgehead atoms. The van der Waals surface area contributed by atoms with Crippen molar-refractivity contribution in [3.8, 4) is 6.07 Å². The third-order valence-electron chi connectivity index (χ3n) is 1.91. The van der Waals surface area contributed by atoms with Crippen molar-refractivity contribution in [2.75, 3.05) is 6.61 Å². The van der Waals surface area contributed by atoms with Gasteiger partial charge in [-0.2, -0.15) is 5.26 Å². The molecule has 68 valence electrons. The Morgan fingerprint density at radius 3 is 2.46 bits per heavy atom. The van der Waals surface area contributed by atoms with Gasteiger partial charge in [-0.05, 0) is 24.1 Å². The van der Waals surface area contributed by atoms with Crippen molar-refractivity contribution < 1.29 is 5.11 Å². The van der Waals surface area contributed by atoms with Crippen LogP contribution in [0.15, 0.2) is 24.3 Å². The van der Waals surface area contributed by atoms with Crippen LogP contribution in [0.1, 0.15) is 23.6 Å². The fourth-order valence-corrected chi connectivity index (χ4v) is 1.11. The molecule has 0 aromatic heterocycles. The standard InChI is InChI=1S/C10H12N2O/c11-7-8-1-3-9(4-2-8)10(12)5-6-13/h1-4,10,13H,5-6,12H2. The van der Waals surface area contributed by atoms with Crippen LogP contribution in [0.25, 0.3) is 0 Å². The predicted octanol–water partition coefficient (Wildman–Crippen LogP) is 0.940. The first-order valence-corrected chi connectivity index (χ1v) is 4.14. The van der Waals surface area contributed by atoms with Crippen LogP contribution < -0.4 is 5.73 Å². The normalized spacial score (nSPS) is 12.1. The van der Waals surface area contributed by atoms with Gasteiger partial charge < -0.3 is 10.8 Å². The summed E-state index contributed by atoms with van der Waals surface area (Å²) >= 11 is 0. The molecule has 3 heteroatoms. The number of nitrogens with two attached hydrogens (primary N) is 1. The fraction of sp³-hybridized carbons (Fsp3) is 0.300. The molecule has 0 spiro atoms. The van der Waals surface area contributed by atoms with Crippen molar-refractivity contribution in [3.05, 3.63) is 35.4 Å². The first kappa shape index (κ1) is 9.72. The van der Waals surface area contributed by atoms with Crippen molar-refractivity contribution in [3.63, 3.8) is 0 Å². The van der Waals surface area contributed by atoms with Gasteiger partial charge in [-0.25, -0.2) is 0 Å². The van der Waals surface area contributed by atoms with Gasteiger partial charge in [-0.15, -0.1) is 0 Å². The summed E-state index contributed by atoms with van der Waals surface area (Å²) in [4.78, 5) is 0. The first-order chi connectivity index (χ1) is 6.27. The zero-order valence-corrected chi connectivity index (χ0v) is 7.27. The van der Waals surface area contributed by atoms with Crippen molar-refractivity contribution in [1.29, 1.82) is 5.26 Å². The second kappa shape index (κ2) is 4.61. The largest absolute Gasteiger partial charge is 0.396 e. The Labute approximate surface area is 77.4 Å². The number of nitrogens with zero attached hydrogens (tertiary/aromatic N) is 1. The zero-order valence-electron chi connectivity index (χ0n) is 7.27. The smallest absolute Gasteiger partial charge is 0.0991 e. The lowest BCUT2D eigenvalue weighted by atomic mass is 10.0. The molecule has 0 amide bonds. The summed E-state index contributed by atoms with van der Waals surface area (Å²) in [6, 6.07) is 8.99. The molecule has 1 unspecified atom stereocenters. The van der Waals surface area contributed by atoms with Crippen molar-refractivity contribution in [2.24, 2.45) is 5.73 Å². The summed E-state index contributed by atoms with van der Waals surface area (Å²) in [5.74, 6) is 0. The van der Waals surface area contributed by atoms with E-state index in [0.29, 0.717) is 12.0 Å². The molecule has 1 rings (SSSR count). The van der Waals surface area contributed by atoms with E-state index in [4.69, 9.17) is 16.1 Å². The Hall–Kier alpha value is -1.37. The van der Waals surface area contributed by atoms with Crippen LogP contribution in [-0.4, -0.2) is 11.7 Å². The zero-order chi connectivity index (χ0) is 9.68. The molecule has 0 radical (unpaired) electrons. The molecule has 1 aromatic carbocycles. The van der Waals surface area contributed by atoms with E-state index in [1.165, 1.54) is 0 Å². The van der Waals surface area contributed by atoms with E-state index in [2.05, 4.69) is 0 Å². The topological polar surface area (TPSA) is 70.0 Å². The number of aliphatic hydroxyl groups is 1. The van der Waals surface area contributed by atoms with Gasteiger partial charge in [-0.3, -0.25) is 0 Å². The Morgan fingerprint density at radius 1 is 1.38 bits per heavy atom. The number of nitriles is 1. The molecular weight excluding hydrogens is 164 g/mol. The van der Waals surface area contributed by atoms with Crippen LogP contribution in [0.5, 0.6) is 0 Å². The molecular formula is C10H12N2O. The summed E-state index contributed by atoms with van der Waals surface area (Å²) < 4.78 is 0. The highest BCUT2D eigenvalue weighted by atomic mass is 16.3. The quantitative estimate of drug-likeness (QED) is 0.720. The highest BCUT2D eigenvalue weighted by Crippen LogP contribution is 2.13. The van der Waals surface area contributed by atoms with Crippen LogP contribution in [0.2, 0.25) is 0 Å². The lowest BCUT2D eigenvalue weighted by Crippen LogP contribution is -2.11. The number of benzene rings is 1. The number of rotatable bonds is 3. The molecule has 1 atom stereocenters. The fourth-order valence-electron chi connectivity index (χ4n) is 1.11. The molecule has 3 N–H and O–H groups in total. The maximum atomic E-state index is 8.67. The summed E-state index contributed by atoms with van der Waals surface area (Å²) in [6.45, 7) is 0.0845. The highest BCUT2D eigenvalue weighted by molar-refractivity contribution is 5.32. The van der Waals surface area contributed by atoms with Crippen molar-refractivity contribution in [1.82, 2.24) is 0 Å². The molecule has 0 fully saturated rings. The van der Waals surface area contributed by atoms with E-state index < -0.39 is 0 Å². The Bertz CT molecular complexity index is 300. The molecule has 0 aliphatic rings. The first-order valence-electron chi connectivity index (χ1n) is 4.14. The van der Waals surface area contributed by atoms with Crippen LogP contribution in [-0.2, 0) is 0 Å². The SMILES string of the molecule is N#Cc1ccc(C(N)CCO)cc1. The molecule has 0 heterocycles. The van der Waals surface area contributed by atoms with Crippen LogP contribution in [0, 0.1) is 11.3 Å². The molecule has 13 heavy (non-hydrogen) atoms. The average molecular weight is 176 g/mol. The second-order valence-corrected chi connectivity index (χ2v) is 2.85. The molecule has 0 aliphatic heterocycles. The monoisotopic (exact) mass is 176 g/mol. The Morgan fingerprint density at radius 2 is 2.00 bits per heavy atom. The predicted molar refractivity (Wildman–Crippen MR) is 49.8 cm³/mol. The maximum Gasteiger partial charge on any atom is 0.0991 e. The lowest BCUT2D eigenvalue weighted by Gasteiger charge is -2.09. The van der Waals surface area contributed by atoms with Gasteiger partial charge in [0.1, 0.15) is 0 Å². The minimum absolute atomic E-state index is 0.0845. The third kappa shape index (κ3) is 2.55. The van der Waals surface area contributed by atoms with Gasteiger partial charge in [-0.1, -0.05) is 12.1 Å². The van der Waals surface area contributed by atoms with Gasteiger partial charge in [0.25, 0.3) is 0 Å². The summed E-state index contributed by atoms with van der Waals surface area (Å²) in [7, 11) is 0. The minimum Gasteiger partial charge on any atom is -0.396 e. The van der Waals surface area contributed by atoms with E-state index in [0.717, 1.165) is 5.56 Å². The third-order valence-corrected chi connectivity index (χ3v) is 1.91. The molecule has 1 aromatic rings. The summed E-state index contributed by atoms with van der Waals surface area (Å²) in [5, 5.41) is 17.2. The second-order valence-electron chi connectivity index (χ2n) is 2.85. The average Bonchev–Trinajstić information content (AvgIpc) is 2.18. The maximum absolute atomic E-state index is 8.67. The van der Waals surface area contributed by atoms with E-state index in [1.807, 2.05) is 18.2 Å². The van der Waals surface area contributed by atoms with Crippen molar-refractivity contribution >= 4 is 0 Å². The minimum atomic E-state index is -0.141. The van der Waals surface area contributed by atoms with Gasteiger partial charge in [0.2, 0.25) is 0 Å². The van der Waals surface area contributed by atoms with E-state index in [1.54, 1.807) is 12.1 Å². The number of hydrogen-bond donors (Lipinski definition) is 2. The van der Waals surface area contributed by atoms with Gasteiger partial charge >= 0.3 is 0 Å². The van der Waals surface area contributed by atoms with E-state index >= 15 is 0 Å². The number of hydrogen-bond acceptors (Lipinski definition) is 3. The van der Waals surface area contributed by atoms with Crippen LogP contribution in [0.3, 0.4) is 0 Å². The Kier molecular flexibility index (Phi) is 3.44. The van der Waals surface area contributed by atoms with Gasteiger partial charge in [0.05, 0.1) is 11.6 Å². The van der Waals surface area contributed by atoms with Crippen molar-refractivity contribution in [2.45, 2.75) is 12.5 Å². The molecule has 3 nitrogen and oxygen atoms in total. The van der Waals surface area contributed by atoms with Crippen LogP contribution in [0.4, 0.5) is 0 Å².